The molecule has 1 aliphatic rings. The van der Waals surface area contributed by atoms with E-state index in [0.29, 0.717) is 15.5 Å². The van der Waals surface area contributed by atoms with Crippen LogP contribution in [0.5, 0.6) is 0 Å². The van der Waals surface area contributed by atoms with Gasteiger partial charge in [-0.3, -0.25) is 14.9 Å². The predicted molar refractivity (Wildman–Crippen MR) is 155 cm³/mol. The highest BCUT2D eigenvalue weighted by Crippen LogP contribution is 2.31. The monoisotopic (exact) mass is 599 g/mol. The molecule has 2 atom stereocenters. The Morgan fingerprint density at radius 1 is 1.12 bits per heavy atom. The summed E-state index contributed by atoms with van der Waals surface area (Å²) >= 11 is 2.20. The summed E-state index contributed by atoms with van der Waals surface area (Å²) in [5.41, 5.74) is 1.93. The molecule has 11 nitrogen and oxygen atoms in total. The minimum absolute atomic E-state index is 0.0457. The van der Waals surface area contributed by atoms with E-state index >= 15 is 0 Å². The summed E-state index contributed by atoms with van der Waals surface area (Å²) in [6.45, 7) is 6.10. The van der Waals surface area contributed by atoms with E-state index in [1.54, 1.807) is 6.07 Å². The molecule has 4 aromatic rings. The zero-order valence-corrected chi connectivity index (χ0v) is 24.2. The zero-order valence-electron chi connectivity index (χ0n) is 21.8. The number of fused-ring (bicyclic) bond motifs is 1. The molecule has 3 heterocycles. The number of hydrogen-bond acceptors (Lipinski definition) is 10. The number of carbonyl (C=O) groups is 1. The lowest BCUT2D eigenvalue weighted by Crippen LogP contribution is -2.48. The Bertz CT molecular complexity index is 1700. The Labute approximate surface area is 238 Å². The second-order valence-corrected chi connectivity index (χ2v) is 13.4. The molecule has 0 saturated carbocycles. The van der Waals surface area contributed by atoms with E-state index in [0.717, 1.165) is 26.6 Å². The van der Waals surface area contributed by atoms with Crippen LogP contribution in [0.4, 0.5) is 10.1 Å². The van der Waals surface area contributed by atoms with E-state index in [1.807, 2.05) is 39.0 Å². The van der Waals surface area contributed by atoms with Gasteiger partial charge in [-0.05, 0) is 68.8 Å². The van der Waals surface area contributed by atoms with Gasteiger partial charge in [0.1, 0.15) is 0 Å². The van der Waals surface area contributed by atoms with Crippen LogP contribution >= 0.6 is 22.7 Å². The molecular formula is C26H25N5O6S3. The average Bonchev–Trinajstić information content (AvgIpc) is 3.55. The molecular weight excluding hydrogens is 575 g/mol. The molecule has 1 saturated heterocycles. The SMILES string of the molecule is Cc1ccc2nc(N(/N=C/c3ccc([N+](=O)[O-])s3)C(=O)c3ccc(S(=O)(=O)N4CC(C)OC(C)C4)cc3)sc2c1. The van der Waals surface area contributed by atoms with Crippen LogP contribution in [0.3, 0.4) is 0 Å². The molecule has 0 bridgehead atoms. The first-order chi connectivity index (χ1) is 19.0. The Balaban J connectivity index is 1.46. The van der Waals surface area contributed by atoms with Gasteiger partial charge in [0.15, 0.2) is 0 Å². The average molecular weight is 600 g/mol. The van der Waals surface area contributed by atoms with E-state index in [1.165, 1.54) is 52.2 Å². The summed E-state index contributed by atoms with van der Waals surface area (Å²) in [5, 5.41) is 16.8. The minimum atomic E-state index is -3.78. The number of morpholine rings is 1. The topological polar surface area (TPSA) is 135 Å². The summed E-state index contributed by atoms with van der Waals surface area (Å²) in [6, 6.07) is 14.3. The molecule has 0 aliphatic carbocycles. The van der Waals surface area contributed by atoms with Crippen molar-refractivity contribution in [2.75, 3.05) is 18.1 Å². The number of anilines is 1. The maximum atomic E-state index is 13.7. The number of benzene rings is 2. The van der Waals surface area contributed by atoms with Gasteiger partial charge in [-0.2, -0.15) is 14.4 Å². The summed E-state index contributed by atoms with van der Waals surface area (Å²) < 4.78 is 34.4. The van der Waals surface area contributed by atoms with Crippen LogP contribution in [0.2, 0.25) is 0 Å². The first kappa shape index (κ1) is 28.0. The smallest absolute Gasteiger partial charge is 0.324 e. The van der Waals surface area contributed by atoms with Crippen molar-refractivity contribution in [3.63, 3.8) is 0 Å². The highest BCUT2D eigenvalue weighted by Gasteiger charge is 2.32. The molecule has 2 aromatic heterocycles. The van der Waals surface area contributed by atoms with E-state index in [2.05, 4.69) is 10.1 Å². The number of hydrazone groups is 1. The van der Waals surface area contributed by atoms with Crippen LogP contribution in [0.25, 0.3) is 10.2 Å². The number of amides is 1. The van der Waals surface area contributed by atoms with Crippen LogP contribution in [-0.2, 0) is 14.8 Å². The Morgan fingerprint density at radius 3 is 2.48 bits per heavy atom. The highest BCUT2D eigenvalue weighted by atomic mass is 32.2. The number of nitrogens with zero attached hydrogens (tertiary/aromatic N) is 5. The largest absolute Gasteiger partial charge is 0.373 e. The van der Waals surface area contributed by atoms with Gasteiger partial charge in [-0.1, -0.05) is 28.7 Å². The molecule has 2 aromatic carbocycles. The van der Waals surface area contributed by atoms with Crippen LogP contribution in [0, 0.1) is 17.0 Å². The van der Waals surface area contributed by atoms with Crippen LogP contribution < -0.4 is 5.01 Å². The maximum Gasteiger partial charge on any atom is 0.324 e. The van der Waals surface area contributed by atoms with Crippen molar-refractivity contribution in [1.82, 2.24) is 9.29 Å². The quantitative estimate of drug-likeness (QED) is 0.165. The third kappa shape index (κ3) is 5.81. The van der Waals surface area contributed by atoms with Crippen LogP contribution in [-0.4, -0.2) is 60.0 Å². The number of rotatable bonds is 7. The standard InChI is InChI=1S/C26H25N5O6S3/c1-16-4-10-22-23(12-16)39-26(28-22)30(27-13-20-7-11-24(38-20)31(33)34)25(32)19-5-8-21(9-6-19)40(35,36)29-14-17(2)37-18(3)15-29/h4-13,17-18H,14-15H2,1-3H3/b27-13+. The third-order valence-electron chi connectivity index (χ3n) is 6.12. The number of thiophene rings is 1. The molecule has 14 heteroatoms. The van der Waals surface area contributed by atoms with Gasteiger partial charge in [-0.15, -0.1) is 0 Å². The highest BCUT2D eigenvalue weighted by molar-refractivity contribution is 7.89. The first-order valence-corrected chi connectivity index (χ1v) is 15.3. The van der Waals surface area contributed by atoms with Gasteiger partial charge in [-0.25, -0.2) is 13.4 Å². The molecule has 2 unspecified atom stereocenters. The van der Waals surface area contributed by atoms with Gasteiger partial charge >= 0.3 is 5.00 Å². The van der Waals surface area contributed by atoms with Gasteiger partial charge < -0.3 is 4.74 Å². The van der Waals surface area contributed by atoms with Crippen molar-refractivity contribution >= 4 is 65.2 Å². The number of sulfonamides is 1. The summed E-state index contributed by atoms with van der Waals surface area (Å²) in [5.74, 6) is -0.532. The molecule has 0 radical (unpaired) electrons. The fourth-order valence-corrected chi connectivity index (χ4v) is 7.59. The molecule has 5 rings (SSSR count). The zero-order chi connectivity index (χ0) is 28.6. The van der Waals surface area contributed by atoms with Crippen molar-refractivity contribution in [3.05, 3.63) is 80.7 Å². The van der Waals surface area contributed by atoms with Gasteiger partial charge in [0.25, 0.3) is 5.91 Å². The van der Waals surface area contributed by atoms with E-state index in [9.17, 15) is 23.3 Å². The summed E-state index contributed by atoms with van der Waals surface area (Å²) in [4.78, 5) is 29.4. The lowest BCUT2D eigenvalue weighted by atomic mass is 10.2. The Morgan fingerprint density at radius 2 is 1.82 bits per heavy atom. The Hall–Kier alpha value is -3.56. The summed E-state index contributed by atoms with van der Waals surface area (Å²) in [6.07, 6.45) is 0.910. The van der Waals surface area contributed by atoms with Crippen LogP contribution in [0.15, 0.2) is 64.6 Å². The number of thiazole rings is 1. The summed E-state index contributed by atoms with van der Waals surface area (Å²) in [7, 11) is -3.78. The van der Waals surface area contributed by atoms with Gasteiger partial charge in [0.05, 0.1) is 43.3 Å². The predicted octanol–water partition coefficient (Wildman–Crippen LogP) is 5.05. The number of nitro groups is 1. The number of aryl methyl sites for hydroxylation is 1. The molecule has 0 N–H and O–H groups in total. The minimum Gasteiger partial charge on any atom is -0.373 e. The van der Waals surface area contributed by atoms with Gasteiger partial charge in [0, 0.05) is 24.7 Å². The number of ether oxygens (including phenoxy) is 1. The molecule has 1 amide bonds. The van der Waals surface area contributed by atoms with Crippen molar-refractivity contribution in [2.24, 2.45) is 5.10 Å². The Kier molecular flexibility index (Phi) is 7.79. The lowest BCUT2D eigenvalue weighted by Gasteiger charge is -2.34. The van der Waals surface area contributed by atoms with E-state index in [-0.39, 0.29) is 40.8 Å². The third-order valence-corrected chi connectivity index (χ3v) is 9.94. The number of hydrogen-bond donors (Lipinski definition) is 0. The van der Waals surface area contributed by atoms with Crippen molar-refractivity contribution in [2.45, 2.75) is 37.9 Å². The number of aromatic nitrogens is 1. The number of carbonyl (C=O) groups excluding carboxylic acids is 1. The second-order valence-electron chi connectivity index (χ2n) is 9.37. The van der Waals surface area contributed by atoms with Crippen molar-refractivity contribution in [1.29, 1.82) is 0 Å². The first-order valence-electron chi connectivity index (χ1n) is 12.3. The molecule has 40 heavy (non-hydrogen) atoms. The van der Waals surface area contributed by atoms with E-state index < -0.39 is 20.9 Å². The van der Waals surface area contributed by atoms with Crippen molar-refractivity contribution < 1.29 is 22.9 Å². The normalized spacial score (nSPS) is 18.4. The van der Waals surface area contributed by atoms with E-state index in [4.69, 9.17) is 4.74 Å². The van der Waals surface area contributed by atoms with Crippen molar-refractivity contribution in [3.8, 4) is 0 Å². The fourth-order valence-electron chi connectivity index (χ4n) is 4.29. The van der Waals surface area contributed by atoms with Gasteiger partial charge in [0.2, 0.25) is 15.2 Å². The molecule has 1 fully saturated rings. The van der Waals surface area contributed by atoms with Crippen LogP contribution in [0.1, 0.15) is 34.6 Å². The lowest BCUT2D eigenvalue weighted by molar-refractivity contribution is -0.380. The maximum absolute atomic E-state index is 13.7. The molecule has 208 valence electrons. The molecule has 0 spiro atoms. The fraction of sp³-hybridized carbons (Fsp3) is 0.269. The second kappa shape index (κ2) is 11.1. The molecule has 1 aliphatic heterocycles.